The number of nitrogens with zero attached hydrogens (tertiary/aromatic N) is 1. The summed E-state index contributed by atoms with van der Waals surface area (Å²) in [6.07, 6.45) is 1.76. The standard InChI is InChI=1S/C13H24N2O4/c1-9(2)10(11(16)17)14-12(18)15-7-5-6-13(3,8-15)19-4/h9-10H,5-8H2,1-4H3,(H,14,18)(H,16,17)/t10-,13?/m1/s1. The molecule has 2 amide bonds. The summed E-state index contributed by atoms with van der Waals surface area (Å²) >= 11 is 0. The summed E-state index contributed by atoms with van der Waals surface area (Å²) in [5, 5.41) is 11.7. The monoisotopic (exact) mass is 272 g/mol. The summed E-state index contributed by atoms with van der Waals surface area (Å²) in [5.74, 6) is -1.16. The zero-order chi connectivity index (χ0) is 14.6. The van der Waals surface area contributed by atoms with Gasteiger partial charge in [-0.1, -0.05) is 13.8 Å². The molecule has 2 atom stereocenters. The van der Waals surface area contributed by atoms with Gasteiger partial charge in [0, 0.05) is 13.7 Å². The first kappa shape index (κ1) is 15.8. The van der Waals surface area contributed by atoms with E-state index in [2.05, 4.69) is 5.32 Å². The van der Waals surface area contributed by atoms with Gasteiger partial charge in [-0.2, -0.15) is 0 Å². The van der Waals surface area contributed by atoms with E-state index in [-0.39, 0.29) is 17.6 Å². The first-order valence-electron chi connectivity index (χ1n) is 6.62. The molecule has 1 heterocycles. The lowest BCUT2D eigenvalue weighted by Crippen LogP contribution is -2.56. The fourth-order valence-corrected chi connectivity index (χ4v) is 2.28. The Hall–Kier alpha value is -1.30. The van der Waals surface area contributed by atoms with E-state index in [0.717, 1.165) is 12.8 Å². The highest BCUT2D eigenvalue weighted by Crippen LogP contribution is 2.23. The number of likely N-dealkylation sites (tertiary alicyclic amines) is 1. The third kappa shape index (κ3) is 4.09. The predicted molar refractivity (Wildman–Crippen MR) is 71.0 cm³/mol. The molecule has 0 radical (unpaired) electrons. The van der Waals surface area contributed by atoms with Crippen molar-refractivity contribution < 1.29 is 19.4 Å². The van der Waals surface area contributed by atoms with Crippen molar-refractivity contribution in [3.63, 3.8) is 0 Å². The van der Waals surface area contributed by atoms with Crippen molar-refractivity contribution in [3.8, 4) is 0 Å². The van der Waals surface area contributed by atoms with Crippen LogP contribution in [0.4, 0.5) is 4.79 Å². The largest absolute Gasteiger partial charge is 0.480 e. The van der Waals surface area contributed by atoms with E-state index < -0.39 is 12.0 Å². The van der Waals surface area contributed by atoms with Crippen LogP contribution in [0.25, 0.3) is 0 Å². The molecule has 2 N–H and O–H groups in total. The summed E-state index contributed by atoms with van der Waals surface area (Å²) in [4.78, 5) is 24.8. The average molecular weight is 272 g/mol. The number of ether oxygens (including phenoxy) is 1. The Morgan fingerprint density at radius 3 is 2.53 bits per heavy atom. The third-order valence-electron chi connectivity index (χ3n) is 3.65. The molecule has 0 aliphatic carbocycles. The van der Waals surface area contributed by atoms with Crippen molar-refractivity contribution in [2.75, 3.05) is 20.2 Å². The van der Waals surface area contributed by atoms with Gasteiger partial charge in [0.2, 0.25) is 0 Å². The van der Waals surface area contributed by atoms with Gasteiger partial charge in [0.15, 0.2) is 0 Å². The Balaban J connectivity index is 2.64. The number of carbonyl (C=O) groups is 2. The topological polar surface area (TPSA) is 78.9 Å². The average Bonchev–Trinajstić information content (AvgIpc) is 2.35. The lowest BCUT2D eigenvalue weighted by molar-refractivity contribution is -0.140. The number of hydrogen-bond donors (Lipinski definition) is 2. The molecule has 1 fully saturated rings. The normalized spacial score (nSPS) is 25.2. The first-order chi connectivity index (χ1) is 8.79. The number of amides is 2. The lowest BCUT2D eigenvalue weighted by atomic mass is 9.95. The number of carbonyl (C=O) groups excluding carboxylic acids is 1. The second-order valence-corrected chi connectivity index (χ2v) is 5.69. The van der Waals surface area contributed by atoms with Crippen LogP contribution >= 0.6 is 0 Å². The van der Waals surface area contributed by atoms with E-state index in [9.17, 15) is 9.59 Å². The molecule has 0 aromatic rings. The van der Waals surface area contributed by atoms with Crippen molar-refractivity contribution >= 4 is 12.0 Å². The van der Waals surface area contributed by atoms with Crippen molar-refractivity contribution in [1.82, 2.24) is 10.2 Å². The van der Waals surface area contributed by atoms with Crippen LogP contribution in [0.1, 0.15) is 33.6 Å². The van der Waals surface area contributed by atoms with Gasteiger partial charge in [-0.3, -0.25) is 0 Å². The van der Waals surface area contributed by atoms with Crippen LogP contribution < -0.4 is 5.32 Å². The first-order valence-corrected chi connectivity index (χ1v) is 6.62. The summed E-state index contributed by atoms with van der Waals surface area (Å²) in [7, 11) is 1.63. The highest BCUT2D eigenvalue weighted by Gasteiger charge is 2.34. The summed E-state index contributed by atoms with van der Waals surface area (Å²) in [6.45, 7) is 6.63. The van der Waals surface area contributed by atoms with Gasteiger partial charge in [-0.25, -0.2) is 9.59 Å². The number of piperidine rings is 1. The second kappa shape index (κ2) is 6.23. The summed E-state index contributed by atoms with van der Waals surface area (Å²) in [6, 6.07) is -1.19. The minimum atomic E-state index is -1.00. The van der Waals surface area contributed by atoms with Gasteiger partial charge in [-0.15, -0.1) is 0 Å². The molecule has 0 spiro atoms. The molecule has 1 saturated heterocycles. The Labute approximate surface area is 114 Å². The van der Waals surface area contributed by atoms with E-state index >= 15 is 0 Å². The summed E-state index contributed by atoms with van der Waals surface area (Å²) in [5.41, 5.74) is -0.341. The molecule has 0 aromatic heterocycles. The van der Waals surface area contributed by atoms with Crippen LogP contribution in [0.3, 0.4) is 0 Å². The quantitative estimate of drug-likeness (QED) is 0.808. The van der Waals surface area contributed by atoms with Crippen LogP contribution in [0.5, 0.6) is 0 Å². The van der Waals surface area contributed by atoms with E-state index in [1.54, 1.807) is 25.9 Å². The molecule has 6 heteroatoms. The molecule has 0 saturated carbocycles. The maximum Gasteiger partial charge on any atom is 0.326 e. The molecule has 1 aliphatic rings. The zero-order valence-electron chi connectivity index (χ0n) is 12.1. The number of hydrogen-bond acceptors (Lipinski definition) is 3. The number of rotatable bonds is 4. The fourth-order valence-electron chi connectivity index (χ4n) is 2.28. The van der Waals surface area contributed by atoms with Crippen LogP contribution in [0.2, 0.25) is 0 Å². The molecule has 110 valence electrons. The molecule has 6 nitrogen and oxygen atoms in total. The molecule has 1 aliphatic heterocycles. The van der Waals surface area contributed by atoms with Crippen molar-refractivity contribution in [2.24, 2.45) is 5.92 Å². The van der Waals surface area contributed by atoms with Crippen LogP contribution in [0.15, 0.2) is 0 Å². The van der Waals surface area contributed by atoms with E-state index in [1.165, 1.54) is 0 Å². The van der Waals surface area contributed by atoms with E-state index in [0.29, 0.717) is 13.1 Å². The van der Waals surface area contributed by atoms with Gasteiger partial charge in [-0.05, 0) is 25.7 Å². The summed E-state index contributed by atoms with van der Waals surface area (Å²) < 4.78 is 5.42. The minimum Gasteiger partial charge on any atom is -0.480 e. The SMILES string of the molecule is COC1(C)CCCN(C(=O)N[C@@H](C(=O)O)C(C)C)C1. The molecular weight excluding hydrogens is 248 g/mol. The van der Waals surface area contributed by atoms with E-state index in [4.69, 9.17) is 9.84 Å². The van der Waals surface area contributed by atoms with Crippen LogP contribution in [0, 0.1) is 5.92 Å². The van der Waals surface area contributed by atoms with Crippen molar-refractivity contribution in [1.29, 1.82) is 0 Å². The molecule has 0 bridgehead atoms. The van der Waals surface area contributed by atoms with Gasteiger partial charge in [0.25, 0.3) is 0 Å². The van der Waals surface area contributed by atoms with Crippen molar-refractivity contribution in [2.45, 2.75) is 45.3 Å². The van der Waals surface area contributed by atoms with Gasteiger partial charge in [0.05, 0.1) is 12.1 Å². The van der Waals surface area contributed by atoms with Gasteiger partial charge in [0.1, 0.15) is 6.04 Å². The molecule has 19 heavy (non-hydrogen) atoms. The maximum absolute atomic E-state index is 12.1. The van der Waals surface area contributed by atoms with Gasteiger partial charge < -0.3 is 20.1 Å². The maximum atomic E-state index is 12.1. The molecule has 0 aromatic carbocycles. The Morgan fingerprint density at radius 2 is 2.05 bits per heavy atom. The predicted octanol–water partition coefficient (Wildman–Crippen LogP) is 1.31. The molecular formula is C13H24N2O4. The Morgan fingerprint density at radius 1 is 1.42 bits per heavy atom. The number of carboxylic acid groups (broad SMARTS) is 1. The number of urea groups is 1. The lowest BCUT2D eigenvalue weighted by Gasteiger charge is -2.39. The Kier molecular flexibility index (Phi) is 5.17. The van der Waals surface area contributed by atoms with E-state index in [1.807, 2.05) is 6.92 Å². The number of aliphatic carboxylic acids is 1. The highest BCUT2D eigenvalue weighted by molar-refractivity contribution is 5.82. The second-order valence-electron chi connectivity index (χ2n) is 5.69. The Bertz CT molecular complexity index is 346. The van der Waals surface area contributed by atoms with Crippen molar-refractivity contribution in [3.05, 3.63) is 0 Å². The van der Waals surface area contributed by atoms with Crippen LogP contribution in [-0.2, 0) is 9.53 Å². The molecule has 1 rings (SSSR count). The fraction of sp³-hybridized carbons (Fsp3) is 0.846. The number of nitrogens with one attached hydrogen (secondary N) is 1. The molecule has 1 unspecified atom stereocenters. The van der Waals surface area contributed by atoms with Crippen LogP contribution in [-0.4, -0.2) is 53.8 Å². The van der Waals surface area contributed by atoms with Gasteiger partial charge >= 0.3 is 12.0 Å². The zero-order valence-corrected chi connectivity index (χ0v) is 12.1. The smallest absolute Gasteiger partial charge is 0.326 e. The third-order valence-corrected chi connectivity index (χ3v) is 3.65. The number of carboxylic acids is 1. The highest BCUT2D eigenvalue weighted by atomic mass is 16.5. The minimum absolute atomic E-state index is 0.153. The number of methoxy groups -OCH3 is 1.